The molecule has 0 N–H and O–H groups in total. The van der Waals surface area contributed by atoms with Crippen molar-refractivity contribution in [3.63, 3.8) is 0 Å². The molecule has 2 saturated carbocycles. The maximum atomic E-state index is 13.0. The second kappa shape index (κ2) is 10.5. The van der Waals surface area contributed by atoms with Crippen molar-refractivity contribution in [1.29, 1.82) is 0 Å². The van der Waals surface area contributed by atoms with Crippen molar-refractivity contribution >= 4 is 17.4 Å². The number of likely N-dealkylation sites (N-methyl/N-ethyl adjacent to an activating group) is 1. The van der Waals surface area contributed by atoms with Crippen LogP contribution in [0, 0.1) is 28.6 Å². The molecule has 5 aliphatic rings. The number of nitrogens with zero attached hydrogens (tertiary/aromatic N) is 4. The minimum Gasteiger partial charge on any atom is -0.307 e. The van der Waals surface area contributed by atoms with Crippen LogP contribution in [0.3, 0.4) is 0 Å². The second-order valence-electron chi connectivity index (χ2n) is 13.6. The molecule has 1 amide bonds. The molecule has 0 bridgehead atoms. The van der Waals surface area contributed by atoms with Gasteiger partial charge in [0.25, 0.3) is 0 Å². The quantitative estimate of drug-likeness (QED) is 0.312. The first kappa shape index (κ1) is 26.7. The lowest BCUT2D eigenvalue weighted by Gasteiger charge is -2.58. The summed E-state index contributed by atoms with van der Waals surface area (Å²) in [5, 5.41) is 4.43. The van der Waals surface area contributed by atoms with Crippen LogP contribution < -0.4 is 0 Å². The zero-order valence-electron chi connectivity index (χ0n) is 24.4. The van der Waals surface area contributed by atoms with Crippen LogP contribution in [0.5, 0.6) is 0 Å². The van der Waals surface area contributed by atoms with Crippen molar-refractivity contribution in [3.05, 3.63) is 47.8 Å². The predicted octanol–water partition coefficient (Wildman–Crippen LogP) is 6.95. The summed E-state index contributed by atoms with van der Waals surface area (Å²) in [5.41, 5.74) is 5.82. The van der Waals surface area contributed by atoms with E-state index in [0.29, 0.717) is 0 Å². The van der Waals surface area contributed by atoms with Crippen LogP contribution in [0.4, 0.5) is 4.79 Å². The van der Waals surface area contributed by atoms with E-state index >= 15 is 0 Å². The van der Waals surface area contributed by atoms with Gasteiger partial charge in [-0.2, -0.15) is 0 Å². The monoisotopic (exact) mass is 530 g/mol. The Labute approximate surface area is 234 Å². The molecule has 210 valence electrons. The lowest BCUT2D eigenvalue weighted by molar-refractivity contribution is -0.0191. The summed E-state index contributed by atoms with van der Waals surface area (Å²) in [6.07, 6.45) is 19.8. The second-order valence-corrected chi connectivity index (χ2v) is 13.6. The Morgan fingerprint density at radius 3 is 2.79 bits per heavy atom. The number of allylic oxidation sites excluding steroid dienone is 4. The topological polar surface area (TPSA) is 58.0 Å². The summed E-state index contributed by atoms with van der Waals surface area (Å²) >= 11 is 0. The van der Waals surface area contributed by atoms with E-state index in [4.69, 9.17) is 4.84 Å². The minimum atomic E-state index is -0.283. The van der Waals surface area contributed by atoms with Crippen molar-refractivity contribution in [1.82, 2.24) is 14.8 Å². The highest BCUT2D eigenvalue weighted by molar-refractivity contribution is 5.96. The fraction of sp³-hybridized carbons (Fsp3) is 0.667. The van der Waals surface area contributed by atoms with E-state index in [2.05, 4.69) is 73.5 Å². The molecule has 6 rings (SSSR count). The molecule has 0 radical (unpaired) electrons. The largest absolute Gasteiger partial charge is 0.436 e. The summed E-state index contributed by atoms with van der Waals surface area (Å²) < 4.78 is 0. The van der Waals surface area contributed by atoms with Crippen LogP contribution in [0.2, 0.25) is 0 Å². The summed E-state index contributed by atoms with van der Waals surface area (Å²) in [5.74, 6) is 2.21. The van der Waals surface area contributed by atoms with E-state index in [1.165, 1.54) is 48.8 Å². The Balaban J connectivity index is 1.15. The number of fused-ring (bicyclic) bond motifs is 5. The molecular formula is C33H46N4O2. The molecule has 0 spiro atoms. The molecule has 3 fully saturated rings. The lowest BCUT2D eigenvalue weighted by Crippen LogP contribution is -2.50. The van der Waals surface area contributed by atoms with Crippen LogP contribution in [0.25, 0.3) is 5.57 Å². The van der Waals surface area contributed by atoms with Crippen molar-refractivity contribution < 1.29 is 9.63 Å². The van der Waals surface area contributed by atoms with Crippen LogP contribution in [-0.4, -0.2) is 59.8 Å². The molecule has 6 nitrogen and oxygen atoms in total. The van der Waals surface area contributed by atoms with E-state index in [1.807, 2.05) is 11.1 Å². The molecule has 2 heterocycles. The Kier molecular flexibility index (Phi) is 7.20. The van der Waals surface area contributed by atoms with Crippen molar-refractivity contribution in [2.75, 3.05) is 27.2 Å². The van der Waals surface area contributed by atoms with E-state index < -0.39 is 0 Å². The van der Waals surface area contributed by atoms with Gasteiger partial charge in [-0.1, -0.05) is 36.7 Å². The summed E-state index contributed by atoms with van der Waals surface area (Å²) in [7, 11) is 4.13. The Hall–Kier alpha value is -2.47. The Morgan fingerprint density at radius 1 is 1.13 bits per heavy atom. The molecule has 1 unspecified atom stereocenters. The maximum absolute atomic E-state index is 13.0. The smallest absolute Gasteiger partial charge is 0.307 e. The van der Waals surface area contributed by atoms with Crippen LogP contribution in [0.1, 0.15) is 83.6 Å². The van der Waals surface area contributed by atoms with E-state index in [-0.39, 0.29) is 23.0 Å². The highest BCUT2D eigenvalue weighted by Gasteiger charge is 2.57. The summed E-state index contributed by atoms with van der Waals surface area (Å²) in [6.45, 7) is 6.68. The Bertz CT molecular complexity index is 1170. The van der Waals surface area contributed by atoms with Crippen LogP contribution in [0.15, 0.2) is 47.4 Å². The average Bonchev–Trinajstić information content (AvgIpc) is 3.29. The van der Waals surface area contributed by atoms with E-state index in [1.54, 1.807) is 0 Å². The number of amides is 1. The minimum absolute atomic E-state index is 0.213. The average molecular weight is 531 g/mol. The van der Waals surface area contributed by atoms with Crippen molar-refractivity contribution in [3.8, 4) is 0 Å². The van der Waals surface area contributed by atoms with Gasteiger partial charge in [-0.05, 0) is 130 Å². The SMILES string of the molecule is CN(C)CC1CCCCN1C(=O)ON=C1C=C2CC[C@H]3[C@H](CC[C@]4(C)C(c5cccnc5)=CC[C@@H]34)[C@@]2(C)CC1. The zero-order chi connectivity index (χ0) is 27.2. The number of hydrogen-bond donors (Lipinski definition) is 0. The van der Waals surface area contributed by atoms with Gasteiger partial charge in [-0.3, -0.25) is 9.82 Å². The highest BCUT2D eigenvalue weighted by Crippen LogP contribution is 2.66. The first-order valence-electron chi connectivity index (χ1n) is 15.3. The third-order valence-electron chi connectivity index (χ3n) is 11.2. The first-order valence-corrected chi connectivity index (χ1v) is 15.3. The highest BCUT2D eigenvalue weighted by atomic mass is 16.7. The number of aromatic nitrogens is 1. The third kappa shape index (κ3) is 4.77. The van der Waals surface area contributed by atoms with Gasteiger partial charge in [0.05, 0.1) is 5.71 Å². The number of rotatable bonds is 4. The molecule has 1 saturated heterocycles. The fourth-order valence-electron chi connectivity index (χ4n) is 9.18. The van der Waals surface area contributed by atoms with Crippen LogP contribution in [-0.2, 0) is 4.84 Å². The number of oxime groups is 1. The van der Waals surface area contributed by atoms with Crippen molar-refractivity contribution in [2.45, 2.75) is 84.1 Å². The fourth-order valence-corrected chi connectivity index (χ4v) is 9.18. The van der Waals surface area contributed by atoms with Crippen molar-refractivity contribution in [2.24, 2.45) is 33.7 Å². The summed E-state index contributed by atoms with van der Waals surface area (Å²) in [6, 6.07) is 4.53. The van der Waals surface area contributed by atoms with E-state index in [0.717, 1.165) is 68.7 Å². The normalized spacial score (nSPS) is 37.1. The third-order valence-corrected chi connectivity index (χ3v) is 11.2. The van der Waals surface area contributed by atoms with Gasteiger partial charge in [0, 0.05) is 31.5 Å². The molecule has 0 aromatic carbocycles. The van der Waals surface area contributed by atoms with Gasteiger partial charge in [0.1, 0.15) is 0 Å². The number of piperidine rings is 1. The lowest BCUT2D eigenvalue weighted by atomic mass is 9.46. The number of pyridine rings is 1. The molecular weight excluding hydrogens is 484 g/mol. The van der Waals surface area contributed by atoms with Gasteiger partial charge in [-0.25, -0.2) is 4.79 Å². The predicted molar refractivity (Wildman–Crippen MR) is 156 cm³/mol. The first-order chi connectivity index (χ1) is 18.8. The number of carbonyl (C=O) groups is 1. The molecule has 1 aromatic rings. The number of likely N-dealkylation sites (tertiary alicyclic amines) is 1. The molecule has 1 aliphatic heterocycles. The molecule has 4 aliphatic carbocycles. The van der Waals surface area contributed by atoms with Gasteiger partial charge in [-0.15, -0.1) is 0 Å². The molecule has 6 heteroatoms. The molecule has 1 aromatic heterocycles. The molecule has 6 atom stereocenters. The number of carbonyl (C=O) groups excluding carboxylic acids is 1. The summed E-state index contributed by atoms with van der Waals surface area (Å²) in [4.78, 5) is 27.0. The zero-order valence-corrected chi connectivity index (χ0v) is 24.4. The standard InChI is InChI=1S/C33H46N4O2/c1-32-16-14-25(35-39-31(38)37-19-6-5-9-26(37)22-36(3)4)20-24(32)10-11-27-29-13-12-28(23-8-7-18-34-21-23)33(29,2)17-15-30(27)32/h7-8,12,18,20-21,26-27,29-30H,5-6,9-11,13-17,19,22H2,1-4H3/t26?,27-,29+,30+,32+,33-/m1/s1. The number of hydrogen-bond acceptors (Lipinski definition) is 5. The maximum Gasteiger partial charge on any atom is 0.436 e. The van der Waals surface area contributed by atoms with Gasteiger partial charge >= 0.3 is 6.09 Å². The van der Waals surface area contributed by atoms with Gasteiger partial charge in [0.2, 0.25) is 0 Å². The van der Waals surface area contributed by atoms with Gasteiger partial charge in [0.15, 0.2) is 0 Å². The molecule has 39 heavy (non-hydrogen) atoms. The van der Waals surface area contributed by atoms with E-state index in [9.17, 15) is 4.79 Å². The Morgan fingerprint density at radius 2 is 2.00 bits per heavy atom. The van der Waals surface area contributed by atoms with Gasteiger partial charge < -0.3 is 9.80 Å². The van der Waals surface area contributed by atoms with Crippen LogP contribution >= 0.6 is 0 Å².